The number of rotatable bonds is 9. The summed E-state index contributed by atoms with van der Waals surface area (Å²) in [6.45, 7) is 9.01. The predicted molar refractivity (Wildman–Crippen MR) is 148 cm³/mol. The van der Waals surface area contributed by atoms with Crippen molar-refractivity contribution >= 4 is 45.6 Å². The van der Waals surface area contributed by atoms with Crippen LogP contribution in [0, 0.1) is 5.92 Å². The summed E-state index contributed by atoms with van der Waals surface area (Å²) in [5, 5.41) is 5.30. The van der Waals surface area contributed by atoms with E-state index >= 15 is 0 Å². The van der Waals surface area contributed by atoms with Crippen LogP contribution in [0.4, 0.5) is 5.13 Å². The minimum atomic E-state index is 0.202. The number of anilines is 1. The van der Waals surface area contributed by atoms with Gasteiger partial charge in [0.15, 0.2) is 5.13 Å². The van der Waals surface area contributed by atoms with Gasteiger partial charge in [0.1, 0.15) is 0 Å². The molecule has 2 aromatic carbocycles. The fourth-order valence-corrected chi connectivity index (χ4v) is 5.82. The molecule has 8 heteroatoms. The highest BCUT2D eigenvalue weighted by atomic mass is 35.5. The second-order valence-electron chi connectivity index (χ2n) is 9.28. The van der Waals surface area contributed by atoms with Gasteiger partial charge in [0.05, 0.1) is 15.7 Å². The molecule has 1 aromatic heterocycles. The number of aromatic nitrogens is 1. The second-order valence-corrected chi connectivity index (χ2v) is 11.2. The molecule has 3 aromatic rings. The fourth-order valence-electron chi connectivity index (χ4n) is 4.20. The molecule has 0 saturated carbocycles. The third-order valence-corrected chi connectivity index (χ3v) is 7.90. The van der Waals surface area contributed by atoms with Crippen LogP contribution in [0.5, 0.6) is 0 Å². The number of carbonyl (C=O) groups is 1. The summed E-state index contributed by atoms with van der Waals surface area (Å²) in [7, 11) is 0. The molecule has 0 spiro atoms. The lowest BCUT2D eigenvalue weighted by Crippen LogP contribution is -2.47. The molecule has 4 rings (SSSR count). The van der Waals surface area contributed by atoms with Gasteiger partial charge < -0.3 is 15.1 Å². The summed E-state index contributed by atoms with van der Waals surface area (Å²) in [5.74, 6) is 0.690. The number of hydrogen-bond donors (Lipinski definition) is 1. The van der Waals surface area contributed by atoms with Crippen molar-refractivity contribution in [2.75, 3.05) is 37.6 Å². The van der Waals surface area contributed by atoms with E-state index in [2.05, 4.69) is 36.2 Å². The van der Waals surface area contributed by atoms with Crippen LogP contribution in [0.15, 0.2) is 48.5 Å². The SMILES string of the molecule is CC(C)Cc1sc(N(CCC(=O)N2CCNCC2)Cc2ccccc2)nc1-c1ccc(Cl)c(Cl)c1. The van der Waals surface area contributed by atoms with E-state index in [1.807, 2.05) is 41.3 Å². The molecule has 1 amide bonds. The van der Waals surface area contributed by atoms with E-state index in [4.69, 9.17) is 28.2 Å². The van der Waals surface area contributed by atoms with Crippen LogP contribution in [0.3, 0.4) is 0 Å². The first-order valence-corrected chi connectivity index (χ1v) is 13.7. The summed E-state index contributed by atoms with van der Waals surface area (Å²) in [6.07, 6.45) is 1.39. The summed E-state index contributed by atoms with van der Waals surface area (Å²) in [4.78, 5) is 23.4. The van der Waals surface area contributed by atoms with Gasteiger partial charge in [0, 0.05) is 56.1 Å². The lowest BCUT2D eigenvalue weighted by Gasteiger charge is -2.29. The zero-order chi connectivity index (χ0) is 24.8. The van der Waals surface area contributed by atoms with E-state index in [1.54, 1.807) is 11.3 Å². The molecule has 0 aliphatic carbocycles. The van der Waals surface area contributed by atoms with Crippen molar-refractivity contribution in [3.63, 3.8) is 0 Å². The molecule has 0 radical (unpaired) electrons. The molecule has 0 bridgehead atoms. The molecule has 35 heavy (non-hydrogen) atoms. The third-order valence-electron chi connectivity index (χ3n) is 6.02. The van der Waals surface area contributed by atoms with Crippen LogP contribution >= 0.6 is 34.5 Å². The number of piperazine rings is 1. The van der Waals surface area contributed by atoms with E-state index in [1.165, 1.54) is 10.4 Å². The van der Waals surface area contributed by atoms with Crippen LogP contribution in [0.2, 0.25) is 10.0 Å². The van der Waals surface area contributed by atoms with E-state index in [-0.39, 0.29) is 5.91 Å². The molecule has 0 unspecified atom stereocenters. The number of hydrogen-bond acceptors (Lipinski definition) is 5. The smallest absolute Gasteiger partial charge is 0.224 e. The topological polar surface area (TPSA) is 48.5 Å². The summed E-state index contributed by atoms with van der Waals surface area (Å²) >= 11 is 14.2. The number of amides is 1. The minimum Gasteiger partial charge on any atom is -0.343 e. The first kappa shape index (κ1) is 26.0. The zero-order valence-corrected chi connectivity index (χ0v) is 22.6. The Morgan fingerprint density at radius 1 is 1.11 bits per heavy atom. The molecule has 1 aliphatic heterocycles. The van der Waals surface area contributed by atoms with Gasteiger partial charge in [-0.25, -0.2) is 4.98 Å². The lowest BCUT2D eigenvalue weighted by molar-refractivity contribution is -0.131. The van der Waals surface area contributed by atoms with E-state index in [0.717, 1.165) is 49.0 Å². The number of halogens is 2. The van der Waals surface area contributed by atoms with Crippen LogP contribution in [-0.2, 0) is 17.8 Å². The average Bonchev–Trinajstić information content (AvgIpc) is 3.27. The van der Waals surface area contributed by atoms with Crippen molar-refractivity contribution in [1.82, 2.24) is 15.2 Å². The highest BCUT2D eigenvalue weighted by molar-refractivity contribution is 7.16. The minimum absolute atomic E-state index is 0.202. The molecule has 2 heterocycles. The summed E-state index contributed by atoms with van der Waals surface area (Å²) in [6, 6.07) is 16.0. The molecule has 186 valence electrons. The quantitative estimate of drug-likeness (QED) is 0.360. The van der Waals surface area contributed by atoms with Crippen LogP contribution in [-0.4, -0.2) is 48.5 Å². The maximum absolute atomic E-state index is 12.9. The maximum atomic E-state index is 12.9. The van der Waals surface area contributed by atoms with Crippen LogP contribution < -0.4 is 10.2 Å². The van der Waals surface area contributed by atoms with Crippen molar-refractivity contribution in [1.29, 1.82) is 0 Å². The molecule has 5 nitrogen and oxygen atoms in total. The molecule has 1 aliphatic rings. The normalized spacial score (nSPS) is 13.9. The van der Waals surface area contributed by atoms with Gasteiger partial charge in [-0.3, -0.25) is 4.79 Å². The average molecular weight is 532 g/mol. The van der Waals surface area contributed by atoms with Crippen molar-refractivity contribution in [2.24, 2.45) is 5.92 Å². The first-order valence-electron chi connectivity index (χ1n) is 12.1. The predicted octanol–water partition coefficient (Wildman–Crippen LogP) is 6.14. The van der Waals surface area contributed by atoms with E-state index in [0.29, 0.717) is 35.5 Å². The number of benzene rings is 2. The van der Waals surface area contributed by atoms with Gasteiger partial charge in [-0.2, -0.15) is 0 Å². The largest absolute Gasteiger partial charge is 0.343 e. The number of nitrogens with zero attached hydrogens (tertiary/aromatic N) is 3. The van der Waals surface area contributed by atoms with E-state index < -0.39 is 0 Å². The van der Waals surface area contributed by atoms with Crippen molar-refractivity contribution < 1.29 is 4.79 Å². The van der Waals surface area contributed by atoms with Crippen LogP contribution in [0.1, 0.15) is 30.7 Å². The van der Waals surface area contributed by atoms with Gasteiger partial charge in [0.25, 0.3) is 0 Å². The highest BCUT2D eigenvalue weighted by Gasteiger charge is 2.22. The van der Waals surface area contributed by atoms with Gasteiger partial charge in [-0.05, 0) is 30.0 Å². The molecular weight excluding hydrogens is 499 g/mol. The Bertz CT molecular complexity index is 1130. The lowest BCUT2D eigenvalue weighted by atomic mass is 10.0. The van der Waals surface area contributed by atoms with Gasteiger partial charge in [-0.1, -0.05) is 73.4 Å². The molecule has 0 atom stereocenters. The number of thiazole rings is 1. The number of carbonyl (C=O) groups excluding carboxylic acids is 1. The van der Waals surface area contributed by atoms with Gasteiger partial charge >= 0.3 is 0 Å². The third kappa shape index (κ3) is 6.98. The zero-order valence-electron chi connectivity index (χ0n) is 20.3. The standard InChI is InChI=1S/C27H32Cl2N4OS/c1-19(2)16-24-26(21-8-9-22(28)23(29)17-21)31-27(35-24)33(18-20-6-4-3-5-7-20)13-10-25(34)32-14-11-30-12-15-32/h3-9,17,19,30H,10-16,18H2,1-2H3. The highest BCUT2D eigenvalue weighted by Crippen LogP contribution is 2.37. The Morgan fingerprint density at radius 2 is 1.86 bits per heavy atom. The van der Waals surface area contributed by atoms with Gasteiger partial charge in [0.2, 0.25) is 5.91 Å². The van der Waals surface area contributed by atoms with Crippen LogP contribution in [0.25, 0.3) is 11.3 Å². The monoisotopic (exact) mass is 530 g/mol. The summed E-state index contributed by atoms with van der Waals surface area (Å²) in [5.41, 5.74) is 3.11. The second kappa shape index (κ2) is 12.2. The summed E-state index contributed by atoms with van der Waals surface area (Å²) < 4.78 is 0. The Kier molecular flexibility index (Phi) is 9.06. The Hall–Kier alpha value is -2.12. The maximum Gasteiger partial charge on any atom is 0.224 e. The van der Waals surface area contributed by atoms with Crippen molar-refractivity contribution in [3.05, 3.63) is 69.0 Å². The first-order chi connectivity index (χ1) is 16.9. The Labute approximate surface area is 222 Å². The Morgan fingerprint density at radius 3 is 2.54 bits per heavy atom. The molecule has 1 saturated heterocycles. The van der Waals surface area contributed by atoms with Crippen molar-refractivity contribution in [2.45, 2.75) is 33.2 Å². The number of nitrogens with one attached hydrogen (secondary N) is 1. The van der Waals surface area contributed by atoms with Gasteiger partial charge in [-0.15, -0.1) is 11.3 Å². The molecular formula is C27H32Cl2N4OS. The van der Waals surface area contributed by atoms with E-state index in [9.17, 15) is 4.79 Å². The molecule has 1 N–H and O–H groups in total. The van der Waals surface area contributed by atoms with Crippen molar-refractivity contribution in [3.8, 4) is 11.3 Å². The fraction of sp³-hybridized carbons (Fsp3) is 0.407. The molecule has 1 fully saturated rings. The Balaban J connectivity index is 1.63.